The standard InChI is InChI=1S/C18H17ClFN5O2S/c1-27-15-7-11(20)3-4-12(15)13-8-17(21)25-18(24-13)14-5-10(6-16(19)23-14)9-28(2,22)26/h3-8,22H,9H2,1-2H3,(H2,21,24,25). The second-order valence-corrected chi connectivity index (χ2v) is 8.86. The average molecular weight is 422 g/mol. The number of nitrogens with one attached hydrogen (secondary N) is 1. The Bertz CT molecular complexity index is 1150. The molecule has 0 saturated heterocycles. The number of nitrogens with two attached hydrogens (primary N) is 1. The molecule has 3 N–H and O–H groups in total. The second kappa shape index (κ2) is 7.69. The van der Waals surface area contributed by atoms with Crippen LogP contribution in [-0.4, -0.2) is 32.5 Å². The van der Waals surface area contributed by atoms with E-state index in [4.69, 9.17) is 26.9 Å². The molecule has 0 aliphatic heterocycles. The summed E-state index contributed by atoms with van der Waals surface area (Å²) in [4.78, 5) is 12.9. The maximum Gasteiger partial charge on any atom is 0.180 e. The van der Waals surface area contributed by atoms with Crippen molar-refractivity contribution < 1.29 is 13.3 Å². The van der Waals surface area contributed by atoms with Crippen LogP contribution in [0, 0.1) is 10.6 Å². The van der Waals surface area contributed by atoms with Gasteiger partial charge in [-0.2, -0.15) is 0 Å². The van der Waals surface area contributed by atoms with Crippen LogP contribution in [0.2, 0.25) is 5.15 Å². The summed E-state index contributed by atoms with van der Waals surface area (Å²) < 4.78 is 38.2. The van der Waals surface area contributed by atoms with Crippen LogP contribution in [0.25, 0.3) is 22.8 Å². The fourth-order valence-corrected chi connectivity index (χ4v) is 3.69. The van der Waals surface area contributed by atoms with Crippen LogP contribution in [0.3, 0.4) is 0 Å². The molecule has 2 aromatic heterocycles. The normalized spacial score (nSPS) is 13.1. The minimum Gasteiger partial charge on any atom is -0.496 e. The van der Waals surface area contributed by atoms with Crippen molar-refractivity contribution >= 4 is 27.1 Å². The summed E-state index contributed by atoms with van der Waals surface area (Å²) in [5, 5.41) is 0.156. The van der Waals surface area contributed by atoms with E-state index in [-0.39, 0.29) is 22.5 Å². The van der Waals surface area contributed by atoms with Crippen molar-refractivity contribution in [1.82, 2.24) is 15.0 Å². The van der Waals surface area contributed by atoms with Crippen LogP contribution in [0.1, 0.15) is 5.56 Å². The van der Waals surface area contributed by atoms with Gasteiger partial charge in [0.2, 0.25) is 0 Å². The van der Waals surface area contributed by atoms with E-state index in [0.29, 0.717) is 28.3 Å². The molecule has 0 spiro atoms. The first-order chi connectivity index (χ1) is 13.1. The van der Waals surface area contributed by atoms with Crippen molar-refractivity contribution in [2.45, 2.75) is 5.75 Å². The molecule has 0 amide bonds. The van der Waals surface area contributed by atoms with Gasteiger partial charge in [-0.15, -0.1) is 0 Å². The molecule has 0 bridgehead atoms. The topological polar surface area (TPSA) is 115 Å². The summed E-state index contributed by atoms with van der Waals surface area (Å²) in [6, 6.07) is 8.76. The van der Waals surface area contributed by atoms with Crippen LogP contribution in [-0.2, 0) is 15.5 Å². The number of pyridine rings is 1. The lowest BCUT2D eigenvalue weighted by atomic mass is 10.1. The molecule has 3 aromatic rings. The molecule has 0 aliphatic carbocycles. The Morgan fingerprint density at radius 2 is 1.93 bits per heavy atom. The average Bonchev–Trinajstić information content (AvgIpc) is 2.59. The molecule has 28 heavy (non-hydrogen) atoms. The van der Waals surface area contributed by atoms with Gasteiger partial charge in [0.05, 0.1) is 18.6 Å². The number of aromatic nitrogens is 3. The number of nitrogen functional groups attached to an aromatic ring is 1. The maximum absolute atomic E-state index is 13.5. The highest BCUT2D eigenvalue weighted by Gasteiger charge is 2.15. The number of benzene rings is 1. The number of ether oxygens (including phenoxy) is 1. The third kappa shape index (κ3) is 4.73. The van der Waals surface area contributed by atoms with E-state index >= 15 is 0 Å². The van der Waals surface area contributed by atoms with Gasteiger partial charge in [-0.1, -0.05) is 11.6 Å². The SMILES string of the molecule is COc1cc(F)ccc1-c1cc(N)nc(-c2cc(CS(C)(=N)=O)cc(Cl)n2)n1. The van der Waals surface area contributed by atoms with Crippen molar-refractivity contribution in [3.05, 3.63) is 52.9 Å². The zero-order valence-corrected chi connectivity index (χ0v) is 16.6. The van der Waals surface area contributed by atoms with Gasteiger partial charge in [-0.25, -0.2) is 23.6 Å². The van der Waals surface area contributed by atoms with Crippen LogP contribution in [0.5, 0.6) is 5.75 Å². The molecule has 7 nitrogen and oxygen atoms in total. The van der Waals surface area contributed by atoms with Crippen LogP contribution >= 0.6 is 11.6 Å². The van der Waals surface area contributed by atoms with Gasteiger partial charge in [-0.05, 0) is 29.8 Å². The largest absolute Gasteiger partial charge is 0.496 e. The molecule has 0 radical (unpaired) electrons. The number of rotatable bonds is 5. The molecule has 0 saturated carbocycles. The molecular formula is C18H17ClFN5O2S. The lowest BCUT2D eigenvalue weighted by molar-refractivity contribution is 0.413. The van der Waals surface area contributed by atoms with Gasteiger partial charge < -0.3 is 10.5 Å². The monoisotopic (exact) mass is 421 g/mol. The predicted octanol–water partition coefficient (Wildman–Crippen LogP) is 3.77. The molecule has 0 fully saturated rings. The first kappa shape index (κ1) is 20.0. The third-order valence-corrected chi connectivity index (χ3v) is 4.79. The fourth-order valence-electron chi connectivity index (χ4n) is 2.66. The van der Waals surface area contributed by atoms with Crippen molar-refractivity contribution in [2.75, 3.05) is 19.1 Å². The molecular weight excluding hydrogens is 405 g/mol. The summed E-state index contributed by atoms with van der Waals surface area (Å²) in [7, 11) is -1.34. The van der Waals surface area contributed by atoms with Gasteiger partial charge in [-0.3, -0.25) is 4.78 Å². The molecule has 2 heterocycles. The smallest absolute Gasteiger partial charge is 0.180 e. The lowest BCUT2D eigenvalue weighted by Crippen LogP contribution is -2.03. The number of nitrogens with zero attached hydrogens (tertiary/aromatic N) is 3. The molecule has 146 valence electrons. The van der Waals surface area contributed by atoms with E-state index in [2.05, 4.69) is 15.0 Å². The Hall–Kier alpha value is -2.78. The minimum absolute atomic E-state index is 0.0171. The Morgan fingerprint density at radius 1 is 1.18 bits per heavy atom. The highest BCUT2D eigenvalue weighted by molar-refractivity contribution is 7.90. The van der Waals surface area contributed by atoms with Gasteiger partial charge in [0, 0.05) is 33.7 Å². The minimum atomic E-state index is -2.77. The highest BCUT2D eigenvalue weighted by Crippen LogP contribution is 2.31. The zero-order valence-electron chi connectivity index (χ0n) is 15.1. The summed E-state index contributed by atoms with van der Waals surface area (Å²) in [5.41, 5.74) is 7.78. The Balaban J connectivity index is 2.13. The molecule has 3 rings (SSSR count). The summed E-state index contributed by atoms with van der Waals surface area (Å²) >= 11 is 6.08. The Labute approximate surface area is 166 Å². The highest BCUT2D eigenvalue weighted by atomic mass is 35.5. The molecule has 0 aliphatic rings. The van der Waals surface area contributed by atoms with Gasteiger partial charge in [0.15, 0.2) is 5.82 Å². The zero-order chi connectivity index (χ0) is 20.5. The van der Waals surface area contributed by atoms with Crippen molar-refractivity contribution in [1.29, 1.82) is 4.78 Å². The number of methoxy groups -OCH3 is 1. The maximum atomic E-state index is 13.5. The molecule has 1 aromatic carbocycles. The Kier molecular flexibility index (Phi) is 5.48. The van der Waals surface area contributed by atoms with E-state index < -0.39 is 15.5 Å². The quantitative estimate of drug-likeness (QED) is 0.606. The summed E-state index contributed by atoms with van der Waals surface area (Å²) in [5.74, 6) is 0.238. The van der Waals surface area contributed by atoms with E-state index in [1.54, 1.807) is 12.1 Å². The number of halogens is 2. The lowest BCUT2D eigenvalue weighted by Gasteiger charge is -2.11. The first-order valence-corrected chi connectivity index (χ1v) is 10.5. The van der Waals surface area contributed by atoms with Crippen LogP contribution in [0.4, 0.5) is 10.2 Å². The van der Waals surface area contributed by atoms with E-state index in [1.807, 2.05) is 0 Å². The first-order valence-electron chi connectivity index (χ1n) is 8.01. The summed E-state index contributed by atoms with van der Waals surface area (Å²) in [6.45, 7) is 0. The summed E-state index contributed by atoms with van der Waals surface area (Å²) in [6.07, 6.45) is 1.34. The van der Waals surface area contributed by atoms with Crippen LogP contribution in [0.15, 0.2) is 36.4 Å². The van der Waals surface area contributed by atoms with Crippen molar-refractivity contribution in [3.8, 4) is 28.5 Å². The van der Waals surface area contributed by atoms with Crippen molar-refractivity contribution in [3.63, 3.8) is 0 Å². The van der Waals surface area contributed by atoms with Crippen molar-refractivity contribution in [2.24, 2.45) is 0 Å². The van der Waals surface area contributed by atoms with E-state index in [1.165, 1.54) is 37.6 Å². The predicted molar refractivity (Wildman–Crippen MR) is 107 cm³/mol. The number of hydrogen-bond acceptors (Lipinski definition) is 7. The van der Waals surface area contributed by atoms with Gasteiger partial charge >= 0.3 is 0 Å². The van der Waals surface area contributed by atoms with E-state index in [9.17, 15) is 8.60 Å². The Morgan fingerprint density at radius 3 is 2.61 bits per heavy atom. The second-order valence-electron chi connectivity index (χ2n) is 6.18. The molecule has 1 atom stereocenters. The third-order valence-electron chi connectivity index (χ3n) is 3.71. The van der Waals surface area contributed by atoms with Gasteiger partial charge in [0.25, 0.3) is 0 Å². The fraction of sp³-hybridized carbons (Fsp3) is 0.167. The molecule has 10 heteroatoms. The molecule has 1 unspecified atom stereocenters. The number of anilines is 1. The van der Waals surface area contributed by atoms with E-state index in [0.717, 1.165) is 0 Å². The van der Waals surface area contributed by atoms with Gasteiger partial charge in [0.1, 0.15) is 28.2 Å². The van der Waals surface area contributed by atoms with Crippen LogP contribution < -0.4 is 10.5 Å². The number of hydrogen-bond donors (Lipinski definition) is 2.